The average Bonchev–Trinajstić information content (AvgIpc) is 3.29. The Morgan fingerprint density at radius 1 is 0.892 bits per heavy atom. The molecule has 8 nitrogen and oxygen atoms in total. The Kier molecular flexibility index (Phi) is 7.29. The number of rotatable bonds is 8. The van der Waals surface area contributed by atoms with Gasteiger partial charge in [0.05, 0.1) is 16.7 Å². The third-order valence-electron chi connectivity index (χ3n) is 5.81. The standard InChI is InChI=1S/C29H28N2O6/c1-17-8-18(2)11-25(10-17)35-16-24-6-7-27(36-24)29(32)30-22-13-23(31(33)34)15-26(14-22)37-28-12-19(3)9-20(4)21(28)5/h6-15H,16H2,1-5H3,(H,30,32). The van der Waals surface area contributed by atoms with Gasteiger partial charge in [-0.15, -0.1) is 0 Å². The summed E-state index contributed by atoms with van der Waals surface area (Å²) in [6, 6.07) is 17.1. The molecule has 3 aromatic carbocycles. The van der Waals surface area contributed by atoms with Gasteiger partial charge < -0.3 is 19.2 Å². The van der Waals surface area contributed by atoms with Gasteiger partial charge in [0.1, 0.15) is 29.6 Å². The van der Waals surface area contributed by atoms with Gasteiger partial charge in [-0.25, -0.2) is 0 Å². The first kappa shape index (κ1) is 25.5. The second kappa shape index (κ2) is 10.6. The molecule has 0 spiro atoms. The van der Waals surface area contributed by atoms with Crippen molar-refractivity contribution in [3.8, 4) is 17.2 Å². The van der Waals surface area contributed by atoms with Crippen molar-refractivity contribution in [2.24, 2.45) is 0 Å². The predicted octanol–water partition coefficient (Wildman–Crippen LogP) is 7.35. The van der Waals surface area contributed by atoms with Gasteiger partial charge in [0.15, 0.2) is 5.76 Å². The molecular weight excluding hydrogens is 472 g/mol. The van der Waals surface area contributed by atoms with Gasteiger partial charge in [-0.2, -0.15) is 0 Å². The smallest absolute Gasteiger partial charge is 0.291 e. The first-order valence-corrected chi connectivity index (χ1v) is 11.7. The fourth-order valence-electron chi connectivity index (χ4n) is 3.99. The minimum Gasteiger partial charge on any atom is -0.486 e. The van der Waals surface area contributed by atoms with Crippen LogP contribution in [0.1, 0.15) is 44.1 Å². The second-order valence-electron chi connectivity index (χ2n) is 9.11. The van der Waals surface area contributed by atoms with Gasteiger partial charge in [0.25, 0.3) is 11.6 Å². The summed E-state index contributed by atoms with van der Waals surface area (Å²) in [6.45, 7) is 9.97. The summed E-state index contributed by atoms with van der Waals surface area (Å²) in [4.78, 5) is 23.8. The lowest BCUT2D eigenvalue weighted by atomic mass is 10.1. The number of carbonyl (C=O) groups is 1. The van der Waals surface area contributed by atoms with Crippen molar-refractivity contribution in [1.82, 2.24) is 0 Å². The zero-order chi connectivity index (χ0) is 26.7. The normalized spacial score (nSPS) is 10.7. The fourth-order valence-corrected chi connectivity index (χ4v) is 3.99. The van der Waals surface area contributed by atoms with Crippen LogP contribution in [-0.4, -0.2) is 10.8 Å². The topological polar surface area (TPSA) is 104 Å². The number of hydrogen-bond acceptors (Lipinski definition) is 6. The molecule has 0 bridgehead atoms. The minimum atomic E-state index is -0.549. The number of aryl methyl sites for hydroxylation is 4. The van der Waals surface area contributed by atoms with Crippen LogP contribution in [0.4, 0.5) is 11.4 Å². The van der Waals surface area contributed by atoms with Crippen LogP contribution in [0.3, 0.4) is 0 Å². The quantitative estimate of drug-likeness (QED) is 0.200. The maximum atomic E-state index is 12.8. The highest BCUT2D eigenvalue weighted by molar-refractivity contribution is 6.02. The molecule has 0 saturated heterocycles. The van der Waals surface area contributed by atoms with E-state index in [1.54, 1.807) is 6.07 Å². The Morgan fingerprint density at radius 3 is 2.30 bits per heavy atom. The third kappa shape index (κ3) is 6.35. The van der Waals surface area contributed by atoms with Crippen molar-refractivity contribution in [3.63, 3.8) is 0 Å². The molecule has 37 heavy (non-hydrogen) atoms. The summed E-state index contributed by atoms with van der Waals surface area (Å²) in [6.07, 6.45) is 0. The Balaban J connectivity index is 1.50. The van der Waals surface area contributed by atoms with Crippen molar-refractivity contribution >= 4 is 17.3 Å². The second-order valence-corrected chi connectivity index (χ2v) is 9.11. The van der Waals surface area contributed by atoms with Crippen molar-refractivity contribution in [2.75, 3.05) is 5.32 Å². The summed E-state index contributed by atoms with van der Waals surface area (Å²) >= 11 is 0. The highest BCUT2D eigenvalue weighted by Gasteiger charge is 2.17. The van der Waals surface area contributed by atoms with E-state index in [0.29, 0.717) is 17.3 Å². The molecule has 0 radical (unpaired) electrons. The number of amides is 1. The monoisotopic (exact) mass is 500 g/mol. The van der Waals surface area contributed by atoms with E-state index < -0.39 is 10.8 Å². The van der Waals surface area contributed by atoms with Crippen LogP contribution in [0, 0.1) is 44.7 Å². The molecule has 0 fully saturated rings. The maximum absolute atomic E-state index is 12.8. The Bertz CT molecular complexity index is 1470. The van der Waals surface area contributed by atoms with Gasteiger partial charge in [-0.1, -0.05) is 12.1 Å². The Morgan fingerprint density at radius 2 is 1.59 bits per heavy atom. The number of ether oxygens (including phenoxy) is 2. The van der Waals surface area contributed by atoms with Gasteiger partial charge in [0, 0.05) is 12.1 Å². The number of carbonyl (C=O) groups excluding carboxylic acids is 1. The SMILES string of the molecule is Cc1cc(C)cc(OCc2ccc(C(=O)Nc3cc(Oc4cc(C)cc(C)c4C)cc([N+](=O)[O-])c3)o2)c1. The zero-order valence-electron chi connectivity index (χ0n) is 21.4. The van der Waals surface area contributed by atoms with E-state index in [4.69, 9.17) is 13.9 Å². The van der Waals surface area contributed by atoms with E-state index in [1.807, 2.05) is 58.9 Å². The average molecular weight is 501 g/mol. The number of non-ortho nitro benzene ring substituents is 1. The molecule has 4 aromatic rings. The Hall–Kier alpha value is -4.59. The molecule has 8 heteroatoms. The van der Waals surface area contributed by atoms with E-state index in [1.165, 1.54) is 24.3 Å². The van der Waals surface area contributed by atoms with Gasteiger partial charge in [-0.3, -0.25) is 14.9 Å². The van der Waals surface area contributed by atoms with Crippen LogP contribution in [0.15, 0.2) is 65.1 Å². The minimum absolute atomic E-state index is 0.0538. The van der Waals surface area contributed by atoms with Crippen LogP contribution in [-0.2, 0) is 6.61 Å². The number of benzene rings is 3. The highest BCUT2D eigenvalue weighted by Crippen LogP contribution is 2.33. The maximum Gasteiger partial charge on any atom is 0.291 e. The summed E-state index contributed by atoms with van der Waals surface area (Å²) in [5.74, 6) is 1.51. The number of anilines is 1. The number of furan rings is 1. The molecular formula is C29H28N2O6. The van der Waals surface area contributed by atoms with E-state index in [2.05, 4.69) is 11.4 Å². The van der Waals surface area contributed by atoms with Gasteiger partial charge >= 0.3 is 0 Å². The summed E-state index contributed by atoms with van der Waals surface area (Å²) < 4.78 is 17.4. The zero-order valence-corrected chi connectivity index (χ0v) is 21.4. The molecule has 0 aliphatic carbocycles. The van der Waals surface area contributed by atoms with E-state index in [9.17, 15) is 14.9 Å². The number of nitrogens with zero attached hydrogens (tertiary/aromatic N) is 1. The van der Waals surface area contributed by atoms with Gasteiger partial charge in [0.2, 0.25) is 0 Å². The van der Waals surface area contributed by atoms with Crippen molar-refractivity contribution in [1.29, 1.82) is 0 Å². The summed E-state index contributed by atoms with van der Waals surface area (Å²) in [7, 11) is 0. The lowest BCUT2D eigenvalue weighted by molar-refractivity contribution is -0.384. The Labute approximate surface area is 215 Å². The third-order valence-corrected chi connectivity index (χ3v) is 5.81. The van der Waals surface area contributed by atoms with Crippen LogP contribution < -0.4 is 14.8 Å². The largest absolute Gasteiger partial charge is 0.486 e. The molecule has 1 heterocycles. The number of nitro benzene ring substituents is 1. The lowest BCUT2D eigenvalue weighted by Gasteiger charge is -2.13. The summed E-state index contributed by atoms with van der Waals surface area (Å²) in [5, 5.41) is 14.2. The molecule has 0 saturated carbocycles. The van der Waals surface area contributed by atoms with Crippen molar-refractivity contribution in [3.05, 3.63) is 110 Å². The summed E-state index contributed by atoms with van der Waals surface area (Å²) in [5.41, 5.74) is 5.15. The van der Waals surface area contributed by atoms with Crippen molar-refractivity contribution < 1.29 is 23.6 Å². The molecule has 4 rings (SSSR count). The highest BCUT2D eigenvalue weighted by atomic mass is 16.6. The molecule has 0 atom stereocenters. The number of nitrogens with one attached hydrogen (secondary N) is 1. The molecule has 0 aliphatic rings. The van der Waals surface area contributed by atoms with Crippen LogP contribution in [0.2, 0.25) is 0 Å². The molecule has 1 aromatic heterocycles. The van der Waals surface area contributed by atoms with Crippen LogP contribution >= 0.6 is 0 Å². The first-order valence-electron chi connectivity index (χ1n) is 11.7. The van der Waals surface area contributed by atoms with E-state index in [-0.39, 0.29) is 29.5 Å². The van der Waals surface area contributed by atoms with Crippen LogP contribution in [0.25, 0.3) is 0 Å². The molecule has 0 aliphatic heterocycles. The lowest BCUT2D eigenvalue weighted by Crippen LogP contribution is -2.11. The van der Waals surface area contributed by atoms with Crippen LogP contribution in [0.5, 0.6) is 17.2 Å². The molecule has 1 amide bonds. The predicted molar refractivity (Wildman–Crippen MR) is 141 cm³/mol. The number of nitro groups is 1. The molecule has 1 N–H and O–H groups in total. The van der Waals surface area contributed by atoms with Gasteiger partial charge in [-0.05, 0) is 92.8 Å². The molecule has 0 unspecified atom stereocenters. The van der Waals surface area contributed by atoms with Crippen molar-refractivity contribution in [2.45, 2.75) is 41.2 Å². The molecule has 190 valence electrons. The van der Waals surface area contributed by atoms with E-state index in [0.717, 1.165) is 27.8 Å². The number of hydrogen-bond donors (Lipinski definition) is 1. The fraction of sp³-hybridized carbons (Fsp3) is 0.207. The van der Waals surface area contributed by atoms with E-state index >= 15 is 0 Å². The first-order chi connectivity index (χ1) is 17.6.